The molecule has 0 radical (unpaired) electrons. The number of allylic oxidation sites excluding steroid dienone is 3. The first-order valence-electron chi connectivity index (χ1n) is 11.2. The molecular weight excluding hydrogens is 420 g/mol. The minimum atomic E-state index is -0.345. The second-order valence-corrected chi connectivity index (χ2v) is 8.31. The van der Waals surface area contributed by atoms with Gasteiger partial charge in [0, 0.05) is 43.6 Å². The number of Topliss-reactive ketones (excluding diaryl/α,β-unsaturated/α-hetero) is 1. The summed E-state index contributed by atoms with van der Waals surface area (Å²) in [5, 5.41) is 12.1. The number of benzene rings is 1. The molecule has 0 saturated carbocycles. The number of aromatic nitrogens is 2. The van der Waals surface area contributed by atoms with Gasteiger partial charge >= 0.3 is 5.69 Å². The molecule has 33 heavy (non-hydrogen) atoms. The summed E-state index contributed by atoms with van der Waals surface area (Å²) >= 11 is 0. The zero-order chi connectivity index (χ0) is 24.1. The number of fused-ring (bicyclic) bond motifs is 1. The Kier molecular flexibility index (Phi) is 7.44. The predicted molar refractivity (Wildman–Crippen MR) is 126 cm³/mol. The predicted octanol–water partition coefficient (Wildman–Crippen LogP) is 2.24. The van der Waals surface area contributed by atoms with Crippen LogP contribution in [0.5, 0.6) is 0 Å². The van der Waals surface area contributed by atoms with Gasteiger partial charge in [-0.3, -0.25) is 23.5 Å². The molecule has 1 aromatic carbocycles. The second kappa shape index (κ2) is 10.3. The van der Waals surface area contributed by atoms with Crippen molar-refractivity contribution in [1.82, 2.24) is 14.5 Å². The number of nitrogens with zero attached hydrogens (tertiary/aromatic N) is 3. The van der Waals surface area contributed by atoms with Crippen molar-refractivity contribution in [2.75, 3.05) is 6.54 Å². The van der Waals surface area contributed by atoms with Crippen LogP contribution in [0, 0.1) is 17.2 Å². The molecule has 1 atom stereocenters. The van der Waals surface area contributed by atoms with Gasteiger partial charge < -0.3 is 5.32 Å². The van der Waals surface area contributed by atoms with Gasteiger partial charge in [-0.05, 0) is 50.0 Å². The molecule has 0 fully saturated rings. The number of carbonyl (C=O) groups excluding carboxylic acids is 2. The van der Waals surface area contributed by atoms with Gasteiger partial charge in [-0.15, -0.1) is 0 Å². The molecule has 172 valence electrons. The van der Waals surface area contributed by atoms with E-state index in [1.807, 2.05) is 19.9 Å². The lowest BCUT2D eigenvalue weighted by Gasteiger charge is -2.14. The molecule has 1 amide bonds. The van der Waals surface area contributed by atoms with Crippen LogP contribution >= 0.6 is 0 Å². The highest BCUT2D eigenvalue weighted by Gasteiger charge is 2.17. The van der Waals surface area contributed by atoms with E-state index in [0.717, 1.165) is 5.56 Å². The van der Waals surface area contributed by atoms with E-state index in [9.17, 15) is 19.2 Å². The molecule has 1 unspecified atom stereocenters. The zero-order valence-corrected chi connectivity index (χ0v) is 19.2. The van der Waals surface area contributed by atoms with E-state index in [2.05, 4.69) is 5.32 Å². The molecule has 2 aromatic rings. The molecule has 8 heteroatoms. The first kappa shape index (κ1) is 23.9. The summed E-state index contributed by atoms with van der Waals surface area (Å²) in [6.07, 6.45) is 4.18. The van der Waals surface area contributed by atoms with E-state index in [0.29, 0.717) is 41.6 Å². The van der Waals surface area contributed by atoms with Crippen molar-refractivity contribution in [1.29, 1.82) is 5.26 Å². The number of amides is 1. The summed E-state index contributed by atoms with van der Waals surface area (Å²) in [6.45, 7) is 6.58. The summed E-state index contributed by atoms with van der Waals surface area (Å²) in [4.78, 5) is 50.1. The standard InChI is InChI=1S/C25H28N4O4/c1-4-28-22-9-7-17(13-21(22)24(32)29(5-2)25(28)33)12-20(30)10-16(3)15-27-23(31)19-8-6-18(11-19)14-26/h6-7,9,11,13,16H,4-5,8,10,12,15H2,1-3H3,(H,27,31). The number of hydrogen-bond donors (Lipinski definition) is 1. The maximum absolute atomic E-state index is 12.8. The van der Waals surface area contributed by atoms with Gasteiger partial charge in [0.15, 0.2) is 0 Å². The number of nitriles is 1. The van der Waals surface area contributed by atoms with Crippen LogP contribution in [0.4, 0.5) is 0 Å². The van der Waals surface area contributed by atoms with Crippen LogP contribution in [0.15, 0.2) is 51.1 Å². The Balaban J connectivity index is 1.65. The topological polar surface area (TPSA) is 114 Å². The normalized spacial score (nSPS) is 13.9. The minimum absolute atomic E-state index is 0.00393. The number of carbonyl (C=O) groups is 2. The zero-order valence-electron chi connectivity index (χ0n) is 19.2. The highest BCUT2D eigenvalue weighted by Crippen LogP contribution is 2.17. The van der Waals surface area contributed by atoms with Gasteiger partial charge in [0.2, 0.25) is 5.91 Å². The van der Waals surface area contributed by atoms with Crippen LogP contribution in [0.3, 0.4) is 0 Å². The summed E-state index contributed by atoms with van der Waals surface area (Å²) in [5.74, 6) is -0.279. The monoisotopic (exact) mass is 448 g/mol. The van der Waals surface area contributed by atoms with Crippen LogP contribution in [-0.4, -0.2) is 27.4 Å². The van der Waals surface area contributed by atoms with Crippen molar-refractivity contribution < 1.29 is 9.59 Å². The number of rotatable bonds is 9. The quantitative estimate of drug-likeness (QED) is 0.632. The van der Waals surface area contributed by atoms with Gasteiger partial charge in [-0.2, -0.15) is 5.26 Å². The average molecular weight is 449 g/mol. The molecule has 3 rings (SSSR count). The number of hydrogen-bond acceptors (Lipinski definition) is 5. The fourth-order valence-corrected chi connectivity index (χ4v) is 4.07. The maximum Gasteiger partial charge on any atom is 0.331 e. The fraction of sp³-hybridized carbons (Fsp3) is 0.400. The van der Waals surface area contributed by atoms with E-state index in [1.54, 1.807) is 41.8 Å². The third kappa shape index (κ3) is 5.20. The van der Waals surface area contributed by atoms with Crippen molar-refractivity contribution in [2.24, 2.45) is 5.92 Å². The van der Waals surface area contributed by atoms with Crippen molar-refractivity contribution in [3.63, 3.8) is 0 Å². The molecule has 8 nitrogen and oxygen atoms in total. The molecule has 1 heterocycles. The maximum atomic E-state index is 12.8. The SMILES string of the molecule is CCn1c(=O)c2cc(CC(=O)CC(C)CNC(=O)C3=CC(C#N)=CC3)ccc2n(CC)c1=O. The lowest BCUT2D eigenvalue weighted by molar-refractivity contribution is -0.120. The van der Waals surface area contributed by atoms with E-state index < -0.39 is 0 Å². The van der Waals surface area contributed by atoms with Crippen molar-refractivity contribution in [2.45, 2.75) is 53.1 Å². The van der Waals surface area contributed by atoms with E-state index in [4.69, 9.17) is 5.26 Å². The van der Waals surface area contributed by atoms with Gasteiger partial charge in [0.1, 0.15) is 5.78 Å². The van der Waals surface area contributed by atoms with Crippen molar-refractivity contribution in [3.8, 4) is 6.07 Å². The Bertz CT molecular complexity index is 1320. The Morgan fingerprint density at radius 2 is 1.91 bits per heavy atom. The van der Waals surface area contributed by atoms with Crippen LogP contribution in [0.25, 0.3) is 10.9 Å². The van der Waals surface area contributed by atoms with Crippen LogP contribution in [0.1, 0.15) is 39.2 Å². The van der Waals surface area contributed by atoms with Gasteiger partial charge in [0.25, 0.3) is 5.56 Å². The van der Waals surface area contributed by atoms with Gasteiger partial charge in [0.05, 0.1) is 17.0 Å². The highest BCUT2D eigenvalue weighted by molar-refractivity contribution is 5.95. The summed E-state index contributed by atoms with van der Waals surface area (Å²) < 4.78 is 2.77. The molecule has 1 aromatic heterocycles. The summed E-state index contributed by atoms with van der Waals surface area (Å²) in [6, 6.07) is 7.22. The molecule has 0 aliphatic heterocycles. The van der Waals surface area contributed by atoms with Crippen LogP contribution in [-0.2, 0) is 29.1 Å². The number of ketones is 1. The molecule has 0 bridgehead atoms. The Hall–Kier alpha value is -3.73. The average Bonchev–Trinajstić information content (AvgIpc) is 3.28. The molecule has 1 aliphatic carbocycles. The Morgan fingerprint density at radius 1 is 1.18 bits per heavy atom. The third-order valence-corrected chi connectivity index (χ3v) is 5.80. The first-order valence-corrected chi connectivity index (χ1v) is 11.2. The summed E-state index contributed by atoms with van der Waals surface area (Å²) in [7, 11) is 0. The largest absolute Gasteiger partial charge is 0.352 e. The fourth-order valence-electron chi connectivity index (χ4n) is 4.07. The molecule has 1 N–H and O–H groups in total. The molecule has 0 spiro atoms. The first-order chi connectivity index (χ1) is 15.8. The second-order valence-electron chi connectivity index (χ2n) is 8.31. The third-order valence-electron chi connectivity index (χ3n) is 5.80. The van der Waals surface area contributed by atoms with Gasteiger partial charge in [-0.25, -0.2) is 4.79 Å². The highest BCUT2D eigenvalue weighted by atomic mass is 16.2. The van der Waals surface area contributed by atoms with E-state index >= 15 is 0 Å². The van der Waals surface area contributed by atoms with Crippen LogP contribution < -0.4 is 16.6 Å². The lowest BCUT2D eigenvalue weighted by atomic mass is 9.99. The van der Waals surface area contributed by atoms with E-state index in [-0.39, 0.29) is 48.2 Å². The molecular formula is C25H28N4O4. The smallest absolute Gasteiger partial charge is 0.331 e. The Labute approximate surface area is 191 Å². The molecule has 0 saturated heterocycles. The summed E-state index contributed by atoms with van der Waals surface area (Å²) in [5.41, 5.74) is 1.65. The number of nitrogens with one attached hydrogen (secondary N) is 1. The van der Waals surface area contributed by atoms with Gasteiger partial charge in [-0.1, -0.05) is 19.1 Å². The van der Waals surface area contributed by atoms with Crippen LogP contribution in [0.2, 0.25) is 0 Å². The van der Waals surface area contributed by atoms with E-state index in [1.165, 1.54) is 4.57 Å². The lowest BCUT2D eigenvalue weighted by Crippen LogP contribution is -2.39. The van der Waals surface area contributed by atoms with Crippen molar-refractivity contribution in [3.05, 3.63) is 67.9 Å². The number of aryl methyl sites for hydroxylation is 1. The minimum Gasteiger partial charge on any atom is -0.352 e. The van der Waals surface area contributed by atoms with Crippen molar-refractivity contribution >= 4 is 22.6 Å². The molecule has 1 aliphatic rings. The Morgan fingerprint density at radius 3 is 2.55 bits per heavy atom.